The van der Waals surface area contributed by atoms with Gasteiger partial charge >= 0.3 is 5.97 Å². The van der Waals surface area contributed by atoms with Crippen molar-refractivity contribution in [3.8, 4) is 0 Å². The summed E-state index contributed by atoms with van der Waals surface area (Å²) in [5.41, 5.74) is 10.0. The van der Waals surface area contributed by atoms with Crippen LogP contribution in [0.25, 0.3) is 0 Å². The van der Waals surface area contributed by atoms with Crippen LogP contribution in [-0.2, 0) is 9.53 Å². The smallest absolute Gasteiger partial charge is 0.325 e. The topological polar surface area (TPSA) is 78.3 Å². The molecule has 0 aromatic heterocycles. The zero-order chi connectivity index (χ0) is 10.7. The number of carbonyl (C=O) groups excluding carboxylic acids is 1. The van der Waals surface area contributed by atoms with Crippen LogP contribution in [0.3, 0.4) is 0 Å². The highest BCUT2D eigenvalue weighted by molar-refractivity contribution is 5.79. The molecule has 0 unspecified atom stereocenters. The third kappa shape index (κ3) is 6.54. The Hall–Kier alpha value is -0.610. The first-order valence-corrected chi connectivity index (χ1v) is 4.38. The Kier molecular flexibility index (Phi) is 3.88. The first-order valence-electron chi connectivity index (χ1n) is 4.38. The van der Waals surface area contributed by atoms with Gasteiger partial charge in [0, 0.05) is 5.54 Å². The standard InChI is InChI=1S/C9H20N2O2/c1-8(2,10)5-6-13-7(12)9(3,4)11/h5-6,10-11H2,1-4H3. The normalized spacial score (nSPS) is 12.8. The molecule has 0 fully saturated rings. The quantitative estimate of drug-likeness (QED) is 0.626. The van der Waals surface area contributed by atoms with E-state index in [0.717, 1.165) is 0 Å². The van der Waals surface area contributed by atoms with Crippen molar-refractivity contribution in [3.05, 3.63) is 0 Å². The van der Waals surface area contributed by atoms with Crippen molar-refractivity contribution in [2.75, 3.05) is 6.61 Å². The van der Waals surface area contributed by atoms with Gasteiger partial charge in [0.25, 0.3) is 0 Å². The Morgan fingerprint density at radius 2 is 1.69 bits per heavy atom. The molecule has 0 amide bonds. The van der Waals surface area contributed by atoms with E-state index in [-0.39, 0.29) is 5.54 Å². The SMILES string of the molecule is CC(C)(N)CCOC(=O)C(C)(C)N. The summed E-state index contributed by atoms with van der Waals surface area (Å²) >= 11 is 0. The summed E-state index contributed by atoms with van der Waals surface area (Å²) in [7, 11) is 0. The van der Waals surface area contributed by atoms with Crippen LogP contribution in [0.15, 0.2) is 0 Å². The molecule has 0 bridgehead atoms. The van der Waals surface area contributed by atoms with Gasteiger partial charge in [-0.25, -0.2) is 0 Å². The first kappa shape index (κ1) is 12.4. The molecule has 0 heterocycles. The molecule has 0 aliphatic rings. The minimum Gasteiger partial charge on any atom is -0.464 e. The zero-order valence-corrected chi connectivity index (χ0v) is 8.89. The summed E-state index contributed by atoms with van der Waals surface area (Å²) in [6.45, 7) is 7.32. The Balaban J connectivity index is 3.74. The van der Waals surface area contributed by atoms with E-state index in [1.807, 2.05) is 13.8 Å². The third-order valence-corrected chi connectivity index (χ3v) is 1.51. The molecule has 0 aromatic carbocycles. The molecule has 0 aliphatic heterocycles. The number of esters is 1. The minimum absolute atomic E-state index is 0.307. The predicted molar refractivity (Wildman–Crippen MR) is 52.1 cm³/mol. The van der Waals surface area contributed by atoms with Crippen molar-refractivity contribution in [3.63, 3.8) is 0 Å². The minimum atomic E-state index is -0.918. The van der Waals surface area contributed by atoms with E-state index in [1.165, 1.54) is 0 Å². The van der Waals surface area contributed by atoms with Crippen molar-refractivity contribution < 1.29 is 9.53 Å². The van der Waals surface area contributed by atoms with Gasteiger partial charge in [-0.3, -0.25) is 4.79 Å². The molecule has 0 aromatic rings. The summed E-state index contributed by atoms with van der Waals surface area (Å²) in [5.74, 6) is -0.392. The summed E-state index contributed by atoms with van der Waals surface area (Å²) < 4.78 is 4.94. The Morgan fingerprint density at radius 3 is 2.00 bits per heavy atom. The molecule has 4 heteroatoms. The van der Waals surface area contributed by atoms with E-state index in [1.54, 1.807) is 13.8 Å². The summed E-state index contributed by atoms with van der Waals surface area (Å²) in [6, 6.07) is 0. The highest BCUT2D eigenvalue weighted by Gasteiger charge is 2.24. The van der Waals surface area contributed by atoms with Crippen LogP contribution >= 0.6 is 0 Å². The lowest BCUT2D eigenvalue weighted by Crippen LogP contribution is -2.43. The monoisotopic (exact) mass is 188 g/mol. The van der Waals surface area contributed by atoms with Crippen LogP contribution in [0.1, 0.15) is 34.1 Å². The van der Waals surface area contributed by atoms with Gasteiger partial charge in [-0.15, -0.1) is 0 Å². The van der Waals surface area contributed by atoms with Crippen LogP contribution < -0.4 is 11.5 Å². The van der Waals surface area contributed by atoms with E-state index >= 15 is 0 Å². The zero-order valence-electron chi connectivity index (χ0n) is 8.89. The maximum absolute atomic E-state index is 11.2. The number of rotatable bonds is 4. The maximum atomic E-state index is 11.2. The Bertz CT molecular complexity index is 177. The van der Waals surface area contributed by atoms with Gasteiger partial charge in [0.15, 0.2) is 0 Å². The molecular formula is C9H20N2O2. The van der Waals surface area contributed by atoms with Crippen molar-refractivity contribution in [1.82, 2.24) is 0 Å². The van der Waals surface area contributed by atoms with Crippen LogP contribution in [0.4, 0.5) is 0 Å². The second-order valence-corrected chi connectivity index (χ2v) is 4.60. The van der Waals surface area contributed by atoms with Crippen LogP contribution in [0.2, 0.25) is 0 Å². The Morgan fingerprint density at radius 1 is 1.23 bits per heavy atom. The van der Waals surface area contributed by atoms with Gasteiger partial charge in [0.1, 0.15) is 5.54 Å². The van der Waals surface area contributed by atoms with E-state index in [9.17, 15) is 4.79 Å². The number of hydrogen-bond donors (Lipinski definition) is 2. The van der Waals surface area contributed by atoms with Crippen molar-refractivity contribution in [1.29, 1.82) is 0 Å². The lowest BCUT2D eigenvalue weighted by molar-refractivity contribution is -0.149. The molecule has 4 nitrogen and oxygen atoms in total. The molecular weight excluding hydrogens is 168 g/mol. The second kappa shape index (κ2) is 4.07. The van der Waals surface area contributed by atoms with E-state index in [0.29, 0.717) is 13.0 Å². The Labute approximate surface area is 79.6 Å². The first-order chi connectivity index (χ1) is 5.63. The lowest BCUT2D eigenvalue weighted by atomic mass is 10.0. The fraction of sp³-hybridized carbons (Fsp3) is 0.889. The number of hydrogen-bond acceptors (Lipinski definition) is 4. The van der Waals surface area contributed by atoms with Crippen molar-refractivity contribution >= 4 is 5.97 Å². The van der Waals surface area contributed by atoms with Crippen molar-refractivity contribution in [2.45, 2.75) is 45.2 Å². The van der Waals surface area contributed by atoms with Gasteiger partial charge in [-0.1, -0.05) is 0 Å². The summed E-state index contributed by atoms with van der Waals surface area (Å²) in [5, 5.41) is 0. The molecule has 0 rings (SSSR count). The van der Waals surface area contributed by atoms with Gasteiger partial charge in [-0.2, -0.15) is 0 Å². The molecule has 0 radical (unpaired) electrons. The van der Waals surface area contributed by atoms with Crippen LogP contribution in [0.5, 0.6) is 0 Å². The molecule has 13 heavy (non-hydrogen) atoms. The average Bonchev–Trinajstić information content (AvgIpc) is 1.82. The summed E-state index contributed by atoms with van der Waals surface area (Å²) in [4.78, 5) is 11.2. The van der Waals surface area contributed by atoms with E-state index in [4.69, 9.17) is 16.2 Å². The van der Waals surface area contributed by atoms with Gasteiger partial charge in [-0.05, 0) is 34.1 Å². The molecule has 4 N–H and O–H groups in total. The highest BCUT2D eigenvalue weighted by Crippen LogP contribution is 2.06. The van der Waals surface area contributed by atoms with Crippen LogP contribution in [0, 0.1) is 0 Å². The van der Waals surface area contributed by atoms with E-state index in [2.05, 4.69) is 0 Å². The maximum Gasteiger partial charge on any atom is 0.325 e. The van der Waals surface area contributed by atoms with E-state index < -0.39 is 11.5 Å². The van der Waals surface area contributed by atoms with Crippen LogP contribution in [-0.4, -0.2) is 23.7 Å². The number of nitrogens with two attached hydrogens (primary N) is 2. The number of ether oxygens (including phenoxy) is 1. The fourth-order valence-corrected chi connectivity index (χ4v) is 0.593. The molecule has 78 valence electrons. The van der Waals surface area contributed by atoms with Gasteiger partial charge < -0.3 is 16.2 Å². The molecule has 0 atom stereocenters. The lowest BCUT2D eigenvalue weighted by Gasteiger charge is -2.21. The molecule has 0 aliphatic carbocycles. The number of carbonyl (C=O) groups is 1. The van der Waals surface area contributed by atoms with Gasteiger partial charge in [0.05, 0.1) is 6.61 Å². The molecule has 0 spiro atoms. The van der Waals surface area contributed by atoms with Gasteiger partial charge in [0.2, 0.25) is 0 Å². The molecule has 0 saturated carbocycles. The predicted octanol–water partition coefficient (Wildman–Crippen LogP) is 0.394. The second-order valence-electron chi connectivity index (χ2n) is 4.60. The summed E-state index contributed by atoms with van der Waals surface area (Å²) in [6.07, 6.45) is 0.634. The molecule has 0 saturated heterocycles. The fourth-order valence-electron chi connectivity index (χ4n) is 0.593. The average molecular weight is 188 g/mol. The highest BCUT2D eigenvalue weighted by atomic mass is 16.5. The third-order valence-electron chi connectivity index (χ3n) is 1.51. The van der Waals surface area contributed by atoms with Crippen molar-refractivity contribution in [2.24, 2.45) is 11.5 Å². The largest absolute Gasteiger partial charge is 0.464 e.